The normalized spacial score (nSPS) is 12.5. The Morgan fingerprint density at radius 1 is 1.57 bits per heavy atom. The molecule has 1 aromatic rings. The van der Waals surface area contributed by atoms with Crippen LogP contribution in [0, 0.1) is 12.7 Å². The molecule has 0 fully saturated rings. The van der Waals surface area contributed by atoms with E-state index in [1.807, 2.05) is 0 Å². The molecule has 0 aliphatic heterocycles. The average Bonchev–Trinajstić information content (AvgIpc) is 2.13. The van der Waals surface area contributed by atoms with Gasteiger partial charge in [0.05, 0.1) is 5.92 Å². The number of aryl methyl sites for hydroxylation is 1. The van der Waals surface area contributed by atoms with Gasteiger partial charge in [0.25, 0.3) is 0 Å². The lowest BCUT2D eigenvalue weighted by Crippen LogP contribution is -2.12. The Kier molecular flexibility index (Phi) is 3.23. The van der Waals surface area contributed by atoms with E-state index in [0.717, 1.165) is 0 Å². The fourth-order valence-electron chi connectivity index (χ4n) is 1.47. The molecule has 1 aromatic carbocycles. The van der Waals surface area contributed by atoms with Crippen LogP contribution in [-0.4, -0.2) is 11.1 Å². The zero-order valence-electron chi connectivity index (χ0n) is 8.25. The summed E-state index contributed by atoms with van der Waals surface area (Å²) in [6, 6.07) is 4.84. The van der Waals surface area contributed by atoms with Gasteiger partial charge in [0.1, 0.15) is 5.82 Å². The van der Waals surface area contributed by atoms with Crippen molar-refractivity contribution in [3.05, 3.63) is 35.1 Å². The van der Waals surface area contributed by atoms with Crippen LogP contribution in [0.3, 0.4) is 0 Å². The summed E-state index contributed by atoms with van der Waals surface area (Å²) in [6.07, 6.45) is 0.399. The second-order valence-corrected chi connectivity index (χ2v) is 3.28. The molecule has 1 rings (SSSR count). The van der Waals surface area contributed by atoms with E-state index >= 15 is 0 Å². The third-order valence-electron chi connectivity index (χ3n) is 2.30. The van der Waals surface area contributed by atoms with Crippen molar-refractivity contribution >= 4 is 5.97 Å². The quantitative estimate of drug-likeness (QED) is 0.807. The van der Waals surface area contributed by atoms with Gasteiger partial charge in [-0.05, 0) is 18.9 Å². The molecule has 14 heavy (non-hydrogen) atoms. The summed E-state index contributed by atoms with van der Waals surface area (Å²) in [5, 5.41) is 8.88. The average molecular weight is 196 g/mol. The molecule has 0 bridgehead atoms. The minimum atomic E-state index is -0.975. The molecule has 0 saturated carbocycles. The number of aliphatic carboxylic acids is 1. The number of benzene rings is 1. The number of hydrogen-bond acceptors (Lipinski definition) is 1. The maximum atomic E-state index is 13.5. The fraction of sp³-hybridized carbons (Fsp3) is 0.364. The molecule has 0 aliphatic carbocycles. The standard InChI is InChI=1S/C11H13FO2/c1-3-8(11(13)14)9-6-4-5-7(2)10(9)12/h4-6,8H,3H2,1-2H3,(H,13,14). The van der Waals surface area contributed by atoms with E-state index in [-0.39, 0.29) is 5.56 Å². The molecular formula is C11H13FO2. The summed E-state index contributed by atoms with van der Waals surface area (Å²) < 4.78 is 13.5. The van der Waals surface area contributed by atoms with Crippen molar-refractivity contribution in [3.8, 4) is 0 Å². The molecule has 3 heteroatoms. The lowest BCUT2D eigenvalue weighted by Gasteiger charge is -2.12. The summed E-state index contributed by atoms with van der Waals surface area (Å²) in [5.41, 5.74) is 0.766. The van der Waals surface area contributed by atoms with Crippen molar-refractivity contribution in [1.29, 1.82) is 0 Å². The maximum Gasteiger partial charge on any atom is 0.311 e. The smallest absolute Gasteiger partial charge is 0.311 e. The van der Waals surface area contributed by atoms with Crippen molar-refractivity contribution in [2.24, 2.45) is 0 Å². The van der Waals surface area contributed by atoms with Crippen LogP contribution in [0.5, 0.6) is 0 Å². The Bertz CT molecular complexity index is 347. The second kappa shape index (κ2) is 4.22. The molecule has 2 nitrogen and oxygen atoms in total. The highest BCUT2D eigenvalue weighted by Gasteiger charge is 2.21. The molecule has 76 valence electrons. The van der Waals surface area contributed by atoms with Crippen LogP contribution in [0.25, 0.3) is 0 Å². The summed E-state index contributed by atoms with van der Waals surface area (Å²) in [6.45, 7) is 3.37. The van der Waals surface area contributed by atoms with Crippen molar-refractivity contribution in [2.45, 2.75) is 26.2 Å². The van der Waals surface area contributed by atoms with E-state index in [2.05, 4.69) is 0 Å². The van der Waals surface area contributed by atoms with Crippen LogP contribution in [-0.2, 0) is 4.79 Å². The SMILES string of the molecule is CCC(C(=O)O)c1cccc(C)c1F. The third-order valence-corrected chi connectivity index (χ3v) is 2.30. The summed E-state index contributed by atoms with van der Waals surface area (Å²) in [7, 11) is 0. The van der Waals surface area contributed by atoms with Crippen LogP contribution in [0.4, 0.5) is 4.39 Å². The van der Waals surface area contributed by atoms with Gasteiger partial charge in [-0.2, -0.15) is 0 Å². The van der Waals surface area contributed by atoms with Crippen LogP contribution < -0.4 is 0 Å². The molecule has 0 saturated heterocycles. The highest BCUT2D eigenvalue weighted by molar-refractivity contribution is 5.76. The minimum absolute atomic E-state index is 0.278. The molecule has 1 unspecified atom stereocenters. The Morgan fingerprint density at radius 3 is 2.71 bits per heavy atom. The largest absolute Gasteiger partial charge is 0.481 e. The monoisotopic (exact) mass is 196 g/mol. The Labute approximate surface area is 82.4 Å². The Balaban J connectivity index is 3.16. The first-order chi connectivity index (χ1) is 6.57. The first-order valence-corrected chi connectivity index (χ1v) is 4.55. The van der Waals surface area contributed by atoms with Gasteiger partial charge < -0.3 is 5.11 Å². The first-order valence-electron chi connectivity index (χ1n) is 4.55. The van der Waals surface area contributed by atoms with Crippen LogP contribution in [0.2, 0.25) is 0 Å². The van der Waals surface area contributed by atoms with Gasteiger partial charge in [-0.1, -0.05) is 25.1 Å². The zero-order valence-corrected chi connectivity index (χ0v) is 8.25. The number of carboxylic acid groups (broad SMARTS) is 1. The summed E-state index contributed by atoms with van der Waals surface area (Å²) in [5.74, 6) is -2.12. The maximum absolute atomic E-state index is 13.5. The Morgan fingerprint density at radius 2 is 2.21 bits per heavy atom. The predicted octanol–water partition coefficient (Wildman–Crippen LogP) is 2.71. The number of rotatable bonds is 3. The molecule has 0 aliphatic rings. The third kappa shape index (κ3) is 1.92. The summed E-state index contributed by atoms with van der Waals surface area (Å²) >= 11 is 0. The highest BCUT2D eigenvalue weighted by Crippen LogP contribution is 2.24. The molecule has 0 radical (unpaired) electrons. The van der Waals surface area contributed by atoms with Gasteiger partial charge in [0.15, 0.2) is 0 Å². The lowest BCUT2D eigenvalue weighted by molar-refractivity contribution is -0.138. The molecule has 0 spiro atoms. The lowest BCUT2D eigenvalue weighted by atomic mass is 9.95. The fourth-order valence-corrected chi connectivity index (χ4v) is 1.47. The van der Waals surface area contributed by atoms with Gasteiger partial charge in [-0.25, -0.2) is 4.39 Å². The van der Waals surface area contributed by atoms with Gasteiger partial charge in [0, 0.05) is 5.56 Å². The van der Waals surface area contributed by atoms with Crippen molar-refractivity contribution in [1.82, 2.24) is 0 Å². The highest BCUT2D eigenvalue weighted by atomic mass is 19.1. The summed E-state index contributed by atoms with van der Waals surface area (Å²) in [4.78, 5) is 10.8. The van der Waals surface area contributed by atoms with Gasteiger partial charge in [0.2, 0.25) is 0 Å². The van der Waals surface area contributed by atoms with E-state index in [0.29, 0.717) is 12.0 Å². The number of halogens is 1. The van der Waals surface area contributed by atoms with Crippen molar-refractivity contribution < 1.29 is 14.3 Å². The first kappa shape index (κ1) is 10.7. The van der Waals surface area contributed by atoms with Crippen LogP contribution in [0.1, 0.15) is 30.4 Å². The molecule has 0 amide bonds. The van der Waals surface area contributed by atoms with E-state index in [9.17, 15) is 9.18 Å². The van der Waals surface area contributed by atoms with E-state index < -0.39 is 17.7 Å². The Hall–Kier alpha value is -1.38. The number of carbonyl (C=O) groups is 1. The number of carboxylic acids is 1. The molecule has 1 N–H and O–H groups in total. The van der Waals surface area contributed by atoms with Crippen molar-refractivity contribution in [3.63, 3.8) is 0 Å². The number of hydrogen-bond donors (Lipinski definition) is 1. The van der Waals surface area contributed by atoms with E-state index in [1.54, 1.807) is 26.0 Å². The van der Waals surface area contributed by atoms with E-state index in [4.69, 9.17) is 5.11 Å². The zero-order chi connectivity index (χ0) is 10.7. The topological polar surface area (TPSA) is 37.3 Å². The van der Waals surface area contributed by atoms with Gasteiger partial charge in [-0.3, -0.25) is 4.79 Å². The van der Waals surface area contributed by atoms with E-state index in [1.165, 1.54) is 6.07 Å². The predicted molar refractivity (Wildman–Crippen MR) is 51.8 cm³/mol. The van der Waals surface area contributed by atoms with Crippen LogP contribution in [0.15, 0.2) is 18.2 Å². The minimum Gasteiger partial charge on any atom is -0.481 e. The molecule has 1 atom stereocenters. The van der Waals surface area contributed by atoms with Gasteiger partial charge >= 0.3 is 5.97 Å². The molecular weight excluding hydrogens is 183 g/mol. The second-order valence-electron chi connectivity index (χ2n) is 3.28. The van der Waals surface area contributed by atoms with Gasteiger partial charge in [-0.15, -0.1) is 0 Å². The van der Waals surface area contributed by atoms with Crippen LogP contribution >= 0.6 is 0 Å². The molecule has 0 aromatic heterocycles. The van der Waals surface area contributed by atoms with Crippen molar-refractivity contribution in [2.75, 3.05) is 0 Å². The molecule has 0 heterocycles.